The summed E-state index contributed by atoms with van der Waals surface area (Å²) in [6.07, 6.45) is 0.123. The van der Waals surface area contributed by atoms with Crippen molar-refractivity contribution in [2.24, 2.45) is 0 Å². The van der Waals surface area contributed by atoms with Gasteiger partial charge in [0, 0.05) is 13.1 Å². The minimum atomic E-state index is -0.339. The highest BCUT2D eigenvalue weighted by Gasteiger charge is 2.13. The highest BCUT2D eigenvalue weighted by atomic mass is 19.1. The number of rotatable bonds is 7. The fraction of sp³-hybridized carbons (Fsp3) is 0.263. The van der Waals surface area contributed by atoms with E-state index in [4.69, 9.17) is 0 Å². The molecule has 0 fully saturated rings. The van der Waals surface area contributed by atoms with E-state index in [0.29, 0.717) is 18.7 Å². The van der Waals surface area contributed by atoms with Gasteiger partial charge in [-0.25, -0.2) is 4.39 Å². The largest absolute Gasteiger partial charge is 0.347 e. The molecular weight excluding hydrogens is 307 g/mol. The average Bonchev–Trinajstić information content (AvgIpc) is 2.60. The minimum Gasteiger partial charge on any atom is -0.347 e. The summed E-state index contributed by atoms with van der Waals surface area (Å²) in [5, 5.41) is 2.62. The van der Waals surface area contributed by atoms with Crippen LogP contribution >= 0.6 is 0 Å². The molecule has 0 aliphatic rings. The first kappa shape index (κ1) is 17.7. The molecule has 0 aromatic heterocycles. The third-order valence-electron chi connectivity index (χ3n) is 3.67. The predicted octanol–water partition coefficient (Wildman–Crippen LogP) is 2.53. The van der Waals surface area contributed by atoms with Crippen LogP contribution in [0.4, 0.5) is 4.39 Å². The molecule has 2 amide bonds. The number of benzene rings is 2. The number of nitrogens with one attached hydrogen (secondary N) is 1. The molecule has 0 radical (unpaired) electrons. The van der Waals surface area contributed by atoms with Crippen LogP contribution < -0.4 is 5.32 Å². The van der Waals surface area contributed by atoms with Crippen LogP contribution in [0.25, 0.3) is 0 Å². The van der Waals surface area contributed by atoms with Gasteiger partial charge in [-0.3, -0.25) is 9.59 Å². The zero-order valence-electron chi connectivity index (χ0n) is 13.7. The van der Waals surface area contributed by atoms with Gasteiger partial charge in [0.2, 0.25) is 11.8 Å². The first-order valence-corrected chi connectivity index (χ1v) is 7.91. The van der Waals surface area contributed by atoms with Gasteiger partial charge in [0.1, 0.15) is 5.82 Å². The highest BCUT2D eigenvalue weighted by molar-refractivity contribution is 5.85. The molecule has 0 aliphatic heterocycles. The summed E-state index contributed by atoms with van der Waals surface area (Å²) in [5.74, 6) is -0.728. The predicted molar refractivity (Wildman–Crippen MR) is 90.6 cm³/mol. The van der Waals surface area contributed by atoms with Crippen molar-refractivity contribution in [2.75, 3.05) is 13.1 Å². The number of likely N-dealkylation sites (N-methyl/N-ethyl adjacent to an activating group) is 1. The van der Waals surface area contributed by atoms with Gasteiger partial charge in [-0.15, -0.1) is 0 Å². The van der Waals surface area contributed by atoms with Gasteiger partial charge in [-0.2, -0.15) is 0 Å². The van der Waals surface area contributed by atoms with Crippen molar-refractivity contribution >= 4 is 11.8 Å². The fourth-order valence-corrected chi connectivity index (χ4v) is 2.32. The van der Waals surface area contributed by atoms with Gasteiger partial charge in [0.15, 0.2) is 0 Å². The summed E-state index contributed by atoms with van der Waals surface area (Å²) in [6, 6.07) is 15.5. The number of nitrogens with zero attached hydrogens (tertiary/aromatic N) is 1. The second-order valence-corrected chi connectivity index (χ2v) is 5.47. The molecule has 2 aromatic carbocycles. The maximum atomic E-state index is 12.8. The van der Waals surface area contributed by atoms with Crippen molar-refractivity contribution in [3.8, 4) is 0 Å². The maximum absolute atomic E-state index is 12.8. The van der Waals surface area contributed by atoms with Crippen LogP contribution in [0.2, 0.25) is 0 Å². The molecule has 0 heterocycles. The Morgan fingerprint density at radius 1 is 1.00 bits per heavy atom. The molecule has 24 heavy (non-hydrogen) atoms. The van der Waals surface area contributed by atoms with Crippen LogP contribution in [0.3, 0.4) is 0 Å². The molecule has 4 nitrogen and oxygen atoms in total. The van der Waals surface area contributed by atoms with Crippen LogP contribution in [-0.4, -0.2) is 29.8 Å². The third-order valence-corrected chi connectivity index (χ3v) is 3.67. The molecule has 0 aliphatic carbocycles. The number of halogens is 1. The van der Waals surface area contributed by atoms with Gasteiger partial charge in [0.25, 0.3) is 0 Å². The Balaban J connectivity index is 1.82. The second kappa shape index (κ2) is 8.82. The topological polar surface area (TPSA) is 49.4 Å². The first-order valence-electron chi connectivity index (χ1n) is 7.91. The lowest BCUT2D eigenvalue weighted by Crippen LogP contribution is -2.40. The number of carbonyl (C=O) groups excluding carboxylic acids is 2. The first-order chi connectivity index (χ1) is 11.6. The Morgan fingerprint density at radius 3 is 2.29 bits per heavy atom. The van der Waals surface area contributed by atoms with Crippen LogP contribution in [0.15, 0.2) is 54.6 Å². The zero-order chi connectivity index (χ0) is 17.4. The van der Waals surface area contributed by atoms with E-state index in [0.717, 1.165) is 5.56 Å². The highest BCUT2D eigenvalue weighted by Crippen LogP contribution is 2.05. The molecule has 0 spiro atoms. The van der Waals surface area contributed by atoms with E-state index in [1.54, 1.807) is 17.0 Å². The van der Waals surface area contributed by atoms with Gasteiger partial charge < -0.3 is 10.2 Å². The molecule has 0 saturated carbocycles. The normalized spacial score (nSPS) is 10.2. The lowest BCUT2D eigenvalue weighted by molar-refractivity contribution is -0.133. The lowest BCUT2D eigenvalue weighted by Gasteiger charge is -2.21. The van der Waals surface area contributed by atoms with E-state index in [1.807, 2.05) is 37.3 Å². The average molecular weight is 328 g/mol. The van der Waals surface area contributed by atoms with Gasteiger partial charge in [0.05, 0.1) is 13.0 Å². The summed E-state index contributed by atoms with van der Waals surface area (Å²) in [5.41, 5.74) is 1.75. The molecule has 126 valence electrons. The van der Waals surface area contributed by atoms with Crippen LogP contribution in [0.1, 0.15) is 18.1 Å². The Bertz CT molecular complexity index is 672. The molecule has 0 atom stereocenters. The molecule has 0 saturated heterocycles. The standard InChI is InChI=1S/C19H21FN2O2/c1-2-22(14-16-6-4-3-5-7-16)19(24)13-21-18(23)12-15-8-10-17(20)11-9-15/h3-11H,2,12-14H2,1H3,(H,21,23). The molecule has 0 bridgehead atoms. The van der Waals surface area contributed by atoms with Crippen LogP contribution in [-0.2, 0) is 22.6 Å². The van der Waals surface area contributed by atoms with E-state index in [2.05, 4.69) is 5.32 Å². The number of amides is 2. The lowest BCUT2D eigenvalue weighted by atomic mass is 10.1. The van der Waals surface area contributed by atoms with E-state index >= 15 is 0 Å². The van der Waals surface area contributed by atoms with Crippen molar-refractivity contribution in [3.63, 3.8) is 0 Å². The van der Waals surface area contributed by atoms with Crippen LogP contribution in [0.5, 0.6) is 0 Å². The van der Waals surface area contributed by atoms with Gasteiger partial charge in [-0.05, 0) is 30.2 Å². The maximum Gasteiger partial charge on any atom is 0.242 e. The van der Waals surface area contributed by atoms with E-state index in [9.17, 15) is 14.0 Å². The minimum absolute atomic E-state index is 0.0410. The third kappa shape index (κ3) is 5.50. The quantitative estimate of drug-likeness (QED) is 0.849. The Labute approximate surface area is 141 Å². The summed E-state index contributed by atoms with van der Waals surface area (Å²) >= 11 is 0. The molecule has 1 N–H and O–H groups in total. The van der Waals surface area contributed by atoms with E-state index in [-0.39, 0.29) is 30.6 Å². The molecule has 2 aromatic rings. The van der Waals surface area contributed by atoms with Crippen molar-refractivity contribution in [1.29, 1.82) is 0 Å². The summed E-state index contributed by atoms with van der Waals surface area (Å²) in [4.78, 5) is 25.8. The SMILES string of the molecule is CCN(Cc1ccccc1)C(=O)CNC(=O)Cc1ccc(F)cc1. The van der Waals surface area contributed by atoms with Crippen molar-refractivity contribution in [2.45, 2.75) is 19.9 Å². The zero-order valence-corrected chi connectivity index (χ0v) is 13.7. The van der Waals surface area contributed by atoms with Gasteiger partial charge >= 0.3 is 0 Å². The number of carbonyl (C=O) groups is 2. The molecule has 0 unspecified atom stereocenters. The monoisotopic (exact) mass is 328 g/mol. The van der Waals surface area contributed by atoms with E-state index < -0.39 is 0 Å². The molecular formula is C19H21FN2O2. The Kier molecular flexibility index (Phi) is 6.49. The Morgan fingerprint density at radius 2 is 1.67 bits per heavy atom. The summed E-state index contributed by atoms with van der Waals surface area (Å²) in [7, 11) is 0. The van der Waals surface area contributed by atoms with Crippen molar-refractivity contribution < 1.29 is 14.0 Å². The van der Waals surface area contributed by atoms with Gasteiger partial charge in [-0.1, -0.05) is 42.5 Å². The smallest absolute Gasteiger partial charge is 0.242 e. The molecule has 5 heteroatoms. The van der Waals surface area contributed by atoms with E-state index in [1.165, 1.54) is 12.1 Å². The number of hydrogen-bond acceptors (Lipinski definition) is 2. The second-order valence-electron chi connectivity index (χ2n) is 5.47. The summed E-state index contributed by atoms with van der Waals surface area (Å²) in [6.45, 7) is 2.95. The van der Waals surface area contributed by atoms with Crippen molar-refractivity contribution in [1.82, 2.24) is 10.2 Å². The van der Waals surface area contributed by atoms with Crippen LogP contribution in [0, 0.1) is 5.82 Å². The molecule has 2 rings (SSSR count). The summed E-state index contributed by atoms with van der Waals surface area (Å²) < 4.78 is 12.8. The Hall–Kier alpha value is -2.69. The fourth-order valence-electron chi connectivity index (χ4n) is 2.32. The van der Waals surface area contributed by atoms with Crippen molar-refractivity contribution in [3.05, 3.63) is 71.5 Å². The number of hydrogen-bond donors (Lipinski definition) is 1.